The summed E-state index contributed by atoms with van der Waals surface area (Å²) in [4.78, 5) is 16.2. The van der Waals surface area contributed by atoms with Crippen LogP contribution < -0.4 is 11.1 Å². The first-order valence-electron chi connectivity index (χ1n) is 5.51. The zero-order valence-corrected chi connectivity index (χ0v) is 12.1. The summed E-state index contributed by atoms with van der Waals surface area (Å²) in [6.07, 6.45) is 0.663. The Labute approximate surface area is 124 Å². The first-order chi connectivity index (χ1) is 9.10. The second-order valence-electron chi connectivity index (χ2n) is 3.74. The number of halogens is 2. The van der Waals surface area contributed by atoms with Crippen LogP contribution in [-0.4, -0.2) is 17.4 Å². The Hall–Kier alpha value is -1.14. The Balaban J connectivity index is 2.13. The highest BCUT2D eigenvalue weighted by Gasteiger charge is 2.12. The fraction of sp³-hybridized carbons (Fsp3) is 0.167. The standard InChI is InChI=1S/C12H11Cl2N3OS/c13-7-1-2-8(14)9(5-7)17-12(18)10-6-19-11(16-10)3-4-15/h1-2,5-6H,3-4,15H2,(H,17,18). The summed E-state index contributed by atoms with van der Waals surface area (Å²) in [7, 11) is 0. The molecule has 2 aromatic rings. The van der Waals surface area contributed by atoms with Crippen LogP contribution in [0.25, 0.3) is 0 Å². The van der Waals surface area contributed by atoms with Gasteiger partial charge in [-0.25, -0.2) is 4.98 Å². The second-order valence-corrected chi connectivity index (χ2v) is 5.53. The van der Waals surface area contributed by atoms with Crippen molar-refractivity contribution in [3.8, 4) is 0 Å². The van der Waals surface area contributed by atoms with Gasteiger partial charge in [0, 0.05) is 16.8 Å². The fourth-order valence-corrected chi connectivity index (χ4v) is 2.56. The largest absolute Gasteiger partial charge is 0.330 e. The normalized spacial score (nSPS) is 10.5. The lowest BCUT2D eigenvalue weighted by Crippen LogP contribution is -2.13. The summed E-state index contributed by atoms with van der Waals surface area (Å²) in [5.41, 5.74) is 6.26. The molecule has 0 aliphatic rings. The highest BCUT2D eigenvalue weighted by Crippen LogP contribution is 2.26. The van der Waals surface area contributed by atoms with Gasteiger partial charge >= 0.3 is 0 Å². The van der Waals surface area contributed by atoms with Crippen molar-refractivity contribution in [2.24, 2.45) is 5.73 Å². The van der Waals surface area contributed by atoms with Gasteiger partial charge in [0.15, 0.2) is 0 Å². The summed E-state index contributed by atoms with van der Waals surface area (Å²) in [6, 6.07) is 4.87. The molecule has 0 fully saturated rings. The van der Waals surface area contributed by atoms with E-state index in [0.717, 1.165) is 5.01 Å². The van der Waals surface area contributed by atoms with Gasteiger partial charge in [0.05, 0.1) is 15.7 Å². The molecule has 0 radical (unpaired) electrons. The monoisotopic (exact) mass is 315 g/mol. The number of thiazole rings is 1. The molecule has 19 heavy (non-hydrogen) atoms. The summed E-state index contributed by atoms with van der Waals surface area (Å²) >= 11 is 13.2. The third-order valence-corrected chi connectivity index (χ3v) is 3.79. The van der Waals surface area contributed by atoms with Crippen LogP contribution >= 0.6 is 34.5 Å². The Morgan fingerprint density at radius 3 is 2.95 bits per heavy atom. The Bertz CT molecular complexity index is 600. The smallest absolute Gasteiger partial charge is 0.275 e. The van der Waals surface area contributed by atoms with E-state index < -0.39 is 0 Å². The van der Waals surface area contributed by atoms with E-state index in [4.69, 9.17) is 28.9 Å². The lowest BCUT2D eigenvalue weighted by Gasteiger charge is -2.05. The van der Waals surface area contributed by atoms with Crippen LogP contribution in [0.3, 0.4) is 0 Å². The van der Waals surface area contributed by atoms with E-state index in [0.29, 0.717) is 34.4 Å². The van der Waals surface area contributed by atoms with E-state index in [1.54, 1.807) is 23.6 Å². The predicted molar refractivity (Wildman–Crippen MR) is 79.3 cm³/mol. The van der Waals surface area contributed by atoms with E-state index in [9.17, 15) is 4.79 Å². The Morgan fingerprint density at radius 1 is 1.42 bits per heavy atom. The molecule has 4 nitrogen and oxygen atoms in total. The van der Waals surface area contributed by atoms with Gasteiger partial charge in [-0.2, -0.15) is 0 Å². The van der Waals surface area contributed by atoms with E-state index in [1.165, 1.54) is 11.3 Å². The number of nitrogens with zero attached hydrogens (tertiary/aromatic N) is 1. The van der Waals surface area contributed by atoms with Crippen LogP contribution in [0.2, 0.25) is 10.0 Å². The number of aromatic nitrogens is 1. The minimum absolute atomic E-state index is 0.316. The third-order valence-electron chi connectivity index (χ3n) is 2.32. The molecule has 0 unspecified atom stereocenters. The van der Waals surface area contributed by atoms with Crippen molar-refractivity contribution in [2.75, 3.05) is 11.9 Å². The van der Waals surface area contributed by atoms with Crippen molar-refractivity contribution in [2.45, 2.75) is 6.42 Å². The van der Waals surface area contributed by atoms with Gasteiger partial charge in [-0.15, -0.1) is 11.3 Å². The molecule has 1 aromatic carbocycles. The molecule has 1 heterocycles. The Morgan fingerprint density at radius 2 is 2.21 bits per heavy atom. The number of rotatable bonds is 4. The minimum Gasteiger partial charge on any atom is -0.330 e. The van der Waals surface area contributed by atoms with Crippen LogP contribution in [0, 0.1) is 0 Å². The number of nitrogens with one attached hydrogen (secondary N) is 1. The van der Waals surface area contributed by atoms with Gasteiger partial charge in [-0.1, -0.05) is 23.2 Å². The quantitative estimate of drug-likeness (QED) is 0.910. The molecule has 0 atom stereocenters. The summed E-state index contributed by atoms with van der Waals surface area (Å²) < 4.78 is 0. The molecule has 0 saturated carbocycles. The maximum atomic E-state index is 12.0. The number of amides is 1. The zero-order chi connectivity index (χ0) is 13.8. The molecular formula is C12H11Cl2N3OS. The fourth-order valence-electron chi connectivity index (χ4n) is 1.43. The molecule has 100 valence electrons. The third kappa shape index (κ3) is 3.67. The van der Waals surface area contributed by atoms with Crippen LogP contribution in [0.15, 0.2) is 23.6 Å². The Kier molecular flexibility index (Phi) is 4.76. The van der Waals surface area contributed by atoms with Crippen molar-refractivity contribution in [1.29, 1.82) is 0 Å². The first-order valence-corrected chi connectivity index (χ1v) is 7.14. The average molecular weight is 316 g/mol. The van der Waals surface area contributed by atoms with Gasteiger partial charge < -0.3 is 11.1 Å². The van der Waals surface area contributed by atoms with Gasteiger partial charge in [0.25, 0.3) is 5.91 Å². The molecule has 3 N–H and O–H groups in total. The highest BCUT2D eigenvalue weighted by atomic mass is 35.5. The molecule has 1 amide bonds. The molecule has 0 bridgehead atoms. The average Bonchev–Trinajstić information content (AvgIpc) is 2.83. The van der Waals surface area contributed by atoms with Crippen LogP contribution in [0.5, 0.6) is 0 Å². The minimum atomic E-state index is -0.316. The summed E-state index contributed by atoms with van der Waals surface area (Å²) in [6.45, 7) is 0.509. The van der Waals surface area contributed by atoms with Crippen molar-refractivity contribution in [1.82, 2.24) is 4.98 Å². The van der Waals surface area contributed by atoms with Crippen molar-refractivity contribution in [3.05, 3.63) is 44.3 Å². The van der Waals surface area contributed by atoms with Crippen molar-refractivity contribution >= 4 is 46.1 Å². The maximum Gasteiger partial charge on any atom is 0.275 e. The number of anilines is 1. The molecule has 1 aromatic heterocycles. The van der Waals surface area contributed by atoms with Gasteiger partial charge in [0.2, 0.25) is 0 Å². The summed E-state index contributed by atoms with van der Waals surface area (Å²) in [5, 5.41) is 6.14. The van der Waals surface area contributed by atoms with Crippen molar-refractivity contribution in [3.63, 3.8) is 0 Å². The molecular weight excluding hydrogens is 305 g/mol. The maximum absolute atomic E-state index is 12.0. The number of carbonyl (C=O) groups is 1. The van der Waals surface area contributed by atoms with Crippen LogP contribution in [0.4, 0.5) is 5.69 Å². The number of hydrogen-bond acceptors (Lipinski definition) is 4. The lowest BCUT2D eigenvalue weighted by atomic mass is 10.3. The lowest BCUT2D eigenvalue weighted by molar-refractivity contribution is 0.102. The van der Waals surface area contributed by atoms with Crippen LogP contribution in [0.1, 0.15) is 15.5 Å². The second kappa shape index (κ2) is 6.34. The van der Waals surface area contributed by atoms with Crippen LogP contribution in [-0.2, 0) is 6.42 Å². The number of carbonyl (C=O) groups excluding carboxylic acids is 1. The zero-order valence-electron chi connectivity index (χ0n) is 9.82. The molecule has 7 heteroatoms. The van der Waals surface area contributed by atoms with E-state index in [1.807, 2.05) is 0 Å². The van der Waals surface area contributed by atoms with Crippen molar-refractivity contribution < 1.29 is 4.79 Å². The van der Waals surface area contributed by atoms with E-state index in [-0.39, 0.29) is 5.91 Å². The van der Waals surface area contributed by atoms with E-state index in [2.05, 4.69) is 10.3 Å². The molecule has 0 aliphatic carbocycles. The predicted octanol–water partition coefficient (Wildman–Crippen LogP) is 3.20. The number of hydrogen-bond donors (Lipinski definition) is 2. The summed E-state index contributed by atoms with van der Waals surface area (Å²) in [5.74, 6) is -0.316. The first kappa shape index (κ1) is 14.3. The number of nitrogens with two attached hydrogens (primary N) is 1. The van der Waals surface area contributed by atoms with E-state index >= 15 is 0 Å². The van der Waals surface area contributed by atoms with Gasteiger partial charge in [-0.3, -0.25) is 4.79 Å². The topological polar surface area (TPSA) is 68.0 Å². The number of benzene rings is 1. The van der Waals surface area contributed by atoms with Gasteiger partial charge in [0.1, 0.15) is 5.69 Å². The molecule has 0 saturated heterocycles. The molecule has 2 rings (SSSR count). The van der Waals surface area contributed by atoms with Gasteiger partial charge in [-0.05, 0) is 24.7 Å². The molecule has 0 aliphatic heterocycles. The SMILES string of the molecule is NCCc1nc(C(=O)Nc2cc(Cl)ccc2Cl)cs1. The molecule has 0 spiro atoms. The highest BCUT2D eigenvalue weighted by molar-refractivity contribution is 7.09.